The highest BCUT2D eigenvalue weighted by Crippen LogP contribution is 2.28. The predicted octanol–water partition coefficient (Wildman–Crippen LogP) is 3.67. The molecule has 0 bridgehead atoms. The number of piperazine rings is 1. The smallest absolute Gasteiger partial charge is 0.213 e. The molecule has 0 aliphatic carbocycles. The van der Waals surface area contributed by atoms with Crippen LogP contribution in [-0.2, 0) is 16.4 Å². The van der Waals surface area contributed by atoms with Gasteiger partial charge in [-0.05, 0) is 32.8 Å². The Bertz CT molecular complexity index is 965. The largest absolute Gasteiger partial charge is 0.354 e. The standard InChI is InChI=1S/C23H34N4O2S/c1-6-18(4)22-24-19(5)21(16-20-10-8-17(3)9-11-20)23(25-22)26-12-14-27(15-13-26)30(28,29)7-2/h8-11,18H,6-7,12-16H2,1-5H3/t18-/m1/s1. The molecule has 0 N–H and O–H groups in total. The van der Waals surface area contributed by atoms with E-state index >= 15 is 0 Å². The van der Waals surface area contributed by atoms with Crippen LogP contribution in [0.3, 0.4) is 0 Å². The van der Waals surface area contributed by atoms with Gasteiger partial charge < -0.3 is 4.90 Å². The van der Waals surface area contributed by atoms with E-state index in [0.29, 0.717) is 26.2 Å². The molecule has 0 unspecified atom stereocenters. The Hall–Kier alpha value is -1.99. The molecular formula is C23H34N4O2S. The van der Waals surface area contributed by atoms with Gasteiger partial charge in [-0.2, -0.15) is 4.31 Å². The second kappa shape index (κ2) is 9.43. The third-order valence-electron chi connectivity index (χ3n) is 6.06. The fourth-order valence-electron chi connectivity index (χ4n) is 3.74. The van der Waals surface area contributed by atoms with Gasteiger partial charge in [0.1, 0.15) is 11.6 Å². The summed E-state index contributed by atoms with van der Waals surface area (Å²) in [6, 6.07) is 8.58. The van der Waals surface area contributed by atoms with Crippen LogP contribution in [0.15, 0.2) is 24.3 Å². The first kappa shape index (κ1) is 22.7. The van der Waals surface area contributed by atoms with Crippen molar-refractivity contribution in [3.63, 3.8) is 0 Å². The molecule has 2 aromatic rings. The number of sulfonamides is 1. The first-order valence-electron chi connectivity index (χ1n) is 10.9. The minimum Gasteiger partial charge on any atom is -0.354 e. The van der Waals surface area contributed by atoms with E-state index in [1.54, 1.807) is 11.2 Å². The van der Waals surface area contributed by atoms with Crippen LogP contribution in [0.5, 0.6) is 0 Å². The fourth-order valence-corrected chi connectivity index (χ4v) is 4.83. The highest BCUT2D eigenvalue weighted by atomic mass is 32.2. The van der Waals surface area contributed by atoms with Gasteiger partial charge in [0.25, 0.3) is 0 Å². The van der Waals surface area contributed by atoms with Crippen LogP contribution in [0, 0.1) is 13.8 Å². The fraction of sp³-hybridized carbons (Fsp3) is 0.565. The van der Waals surface area contributed by atoms with E-state index in [4.69, 9.17) is 9.97 Å². The maximum atomic E-state index is 12.3. The maximum Gasteiger partial charge on any atom is 0.213 e. The molecule has 0 amide bonds. The Balaban J connectivity index is 1.94. The summed E-state index contributed by atoms with van der Waals surface area (Å²) in [6.45, 7) is 12.5. The minimum atomic E-state index is -3.15. The van der Waals surface area contributed by atoms with Gasteiger partial charge >= 0.3 is 0 Å². The Kier molecular flexibility index (Phi) is 7.14. The zero-order valence-corrected chi connectivity index (χ0v) is 19.7. The Morgan fingerprint density at radius 1 is 1.00 bits per heavy atom. The van der Waals surface area contributed by atoms with E-state index in [0.717, 1.165) is 35.7 Å². The minimum absolute atomic E-state index is 0.149. The molecule has 0 spiro atoms. The summed E-state index contributed by atoms with van der Waals surface area (Å²) >= 11 is 0. The van der Waals surface area contributed by atoms with Gasteiger partial charge in [0.2, 0.25) is 10.0 Å². The molecule has 1 atom stereocenters. The van der Waals surface area contributed by atoms with Crippen molar-refractivity contribution in [2.24, 2.45) is 0 Å². The molecule has 6 nitrogen and oxygen atoms in total. The highest BCUT2D eigenvalue weighted by Gasteiger charge is 2.28. The number of hydrogen-bond acceptors (Lipinski definition) is 5. The molecule has 7 heteroatoms. The molecule has 0 radical (unpaired) electrons. The van der Waals surface area contributed by atoms with Crippen molar-refractivity contribution >= 4 is 15.8 Å². The molecule has 3 rings (SSSR count). The van der Waals surface area contributed by atoms with Crippen LogP contribution in [0.2, 0.25) is 0 Å². The maximum absolute atomic E-state index is 12.3. The second-order valence-corrected chi connectivity index (χ2v) is 10.5. The number of nitrogens with zero attached hydrogens (tertiary/aromatic N) is 4. The third kappa shape index (κ3) is 5.01. The van der Waals surface area contributed by atoms with Gasteiger partial charge in [-0.25, -0.2) is 18.4 Å². The van der Waals surface area contributed by atoms with E-state index in [2.05, 4.69) is 56.9 Å². The molecule has 1 fully saturated rings. The lowest BCUT2D eigenvalue weighted by atomic mass is 10.0. The Morgan fingerprint density at radius 3 is 2.20 bits per heavy atom. The van der Waals surface area contributed by atoms with Crippen LogP contribution in [0.1, 0.15) is 61.3 Å². The van der Waals surface area contributed by atoms with Crippen LogP contribution in [-0.4, -0.2) is 54.6 Å². The lowest BCUT2D eigenvalue weighted by Crippen LogP contribution is -2.49. The number of hydrogen-bond donors (Lipinski definition) is 0. The van der Waals surface area contributed by atoms with E-state index in [1.807, 2.05) is 0 Å². The van der Waals surface area contributed by atoms with Crippen molar-refractivity contribution in [2.45, 2.75) is 53.4 Å². The lowest BCUT2D eigenvalue weighted by Gasteiger charge is -2.36. The van der Waals surface area contributed by atoms with Gasteiger partial charge in [-0.15, -0.1) is 0 Å². The first-order chi connectivity index (χ1) is 14.2. The lowest BCUT2D eigenvalue weighted by molar-refractivity contribution is 0.384. The van der Waals surface area contributed by atoms with Gasteiger partial charge in [0, 0.05) is 49.8 Å². The van der Waals surface area contributed by atoms with E-state index in [1.165, 1.54) is 11.1 Å². The van der Waals surface area contributed by atoms with Crippen molar-refractivity contribution in [1.82, 2.24) is 14.3 Å². The summed E-state index contributed by atoms with van der Waals surface area (Å²) < 4.78 is 26.1. The van der Waals surface area contributed by atoms with Crippen LogP contribution < -0.4 is 4.90 Å². The van der Waals surface area contributed by atoms with E-state index in [9.17, 15) is 8.42 Å². The number of aryl methyl sites for hydroxylation is 2. The summed E-state index contributed by atoms with van der Waals surface area (Å²) in [7, 11) is -3.15. The number of aromatic nitrogens is 2. The molecule has 0 saturated carbocycles. The summed E-state index contributed by atoms with van der Waals surface area (Å²) in [5.74, 6) is 2.28. The Morgan fingerprint density at radius 2 is 1.63 bits per heavy atom. The van der Waals surface area contributed by atoms with Crippen molar-refractivity contribution in [2.75, 3.05) is 36.8 Å². The second-order valence-electron chi connectivity index (χ2n) is 8.23. The molecule has 2 heterocycles. The van der Waals surface area contributed by atoms with Gasteiger partial charge in [-0.1, -0.05) is 43.7 Å². The van der Waals surface area contributed by atoms with Gasteiger partial charge in [-0.3, -0.25) is 0 Å². The van der Waals surface area contributed by atoms with Gasteiger partial charge in [0.15, 0.2) is 0 Å². The molecule has 30 heavy (non-hydrogen) atoms. The molecular weight excluding hydrogens is 396 g/mol. The molecule has 164 valence electrons. The number of rotatable bonds is 7. The average Bonchev–Trinajstić information content (AvgIpc) is 2.75. The molecule has 1 aliphatic rings. The van der Waals surface area contributed by atoms with Crippen molar-refractivity contribution in [1.29, 1.82) is 0 Å². The summed E-state index contributed by atoms with van der Waals surface area (Å²) in [4.78, 5) is 12.1. The average molecular weight is 431 g/mol. The molecule has 1 aromatic heterocycles. The van der Waals surface area contributed by atoms with Crippen LogP contribution in [0.25, 0.3) is 0 Å². The SMILES string of the molecule is CC[C@@H](C)c1nc(C)c(Cc2ccc(C)cc2)c(N2CCN(S(=O)(=O)CC)CC2)n1. The molecule has 1 saturated heterocycles. The topological polar surface area (TPSA) is 66.4 Å². The predicted molar refractivity (Wildman–Crippen MR) is 123 cm³/mol. The van der Waals surface area contributed by atoms with Crippen LogP contribution >= 0.6 is 0 Å². The zero-order chi connectivity index (χ0) is 21.9. The van der Waals surface area contributed by atoms with Crippen LogP contribution in [0.4, 0.5) is 5.82 Å². The van der Waals surface area contributed by atoms with E-state index in [-0.39, 0.29) is 11.7 Å². The van der Waals surface area contributed by atoms with Crippen molar-refractivity contribution in [3.8, 4) is 0 Å². The van der Waals surface area contributed by atoms with Gasteiger partial charge in [0.05, 0.1) is 5.75 Å². The number of benzene rings is 1. The quantitative estimate of drug-likeness (QED) is 0.670. The summed E-state index contributed by atoms with van der Waals surface area (Å²) in [6.07, 6.45) is 1.76. The molecule has 1 aromatic carbocycles. The summed E-state index contributed by atoms with van der Waals surface area (Å²) in [5, 5.41) is 0. The zero-order valence-electron chi connectivity index (χ0n) is 18.9. The first-order valence-corrected chi connectivity index (χ1v) is 12.5. The molecule has 1 aliphatic heterocycles. The monoisotopic (exact) mass is 430 g/mol. The Labute approximate surface area is 181 Å². The van der Waals surface area contributed by atoms with Crippen molar-refractivity contribution < 1.29 is 8.42 Å². The summed E-state index contributed by atoms with van der Waals surface area (Å²) in [5.41, 5.74) is 4.63. The highest BCUT2D eigenvalue weighted by molar-refractivity contribution is 7.89. The normalized spacial score (nSPS) is 16.6. The third-order valence-corrected chi connectivity index (χ3v) is 7.94. The number of anilines is 1. The van der Waals surface area contributed by atoms with Crippen molar-refractivity contribution in [3.05, 3.63) is 52.5 Å². The van der Waals surface area contributed by atoms with E-state index < -0.39 is 10.0 Å².